The van der Waals surface area contributed by atoms with E-state index in [0.29, 0.717) is 51.1 Å². The van der Waals surface area contributed by atoms with E-state index in [0.717, 1.165) is 83.0 Å². The molecule has 0 aromatic heterocycles. The first-order valence-corrected chi connectivity index (χ1v) is 22.7. The van der Waals surface area contributed by atoms with Crippen molar-refractivity contribution in [3.8, 4) is 5.75 Å². The van der Waals surface area contributed by atoms with Crippen LogP contribution in [0.3, 0.4) is 0 Å². The van der Waals surface area contributed by atoms with Crippen molar-refractivity contribution in [1.82, 2.24) is 0 Å². The summed E-state index contributed by atoms with van der Waals surface area (Å²) in [6.07, 6.45) is 29.2. The van der Waals surface area contributed by atoms with Crippen LogP contribution < -0.4 is 4.74 Å². The van der Waals surface area contributed by atoms with Gasteiger partial charge in [-0.1, -0.05) is 103 Å². The van der Waals surface area contributed by atoms with Crippen LogP contribution in [0, 0.1) is 5.92 Å². The summed E-state index contributed by atoms with van der Waals surface area (Å²) >= 11 is 0. The Morgan fingerprint density at radius 2 is 0.879 bits per heavy atom. The van der Waals surface area contributed by atoms with Crippen LogP contribution in [-0.4, -0.2) is 68.6 Å². The van der Waals surface area contributed by atoms with Crippen molar-refractivity contribution >= 4 is 23.9 Å². The molecule has 326 valence electrons. The Hall–Kier alpha value is -3.66. The van der Waals surface area contributed by atoms with E-state index in [4.69, 9.17) is 28.4 Å². The molecule has 0 unspecified atom stereocenters. The van der Waals surface area contributed by atoms with E-state index < -0.39 is 0 Å². The van der Waals surface area contributed by atoms with Gasteiger partial charge in [-0.25, -0.2) is 14.4 Å². The molecule has 0 bridgehead atoms. The maximum atomic E-state index is 13.0. The predicted molar refractivity (Wildman–Crippen MR) is 227 cm³/mol. The minimum Gasteiger partial charge on any atom is -0.494 e. The lowest BCUT2D eigenvalue weighted by atomic mass is 9.87. The molecule has 0 N–H and O–H groups in total. The topological polar surface area (TPSA) is 124 Å². The third-order valence-corrected chi connectivity index (χ3v) is 11.3. The largest absolute Gasteiger partial charge is 0.494 e. The highest BCUT2D eigenvalue weighted by Gasteiger charge is 2.32. The van der Waals surface area contributed by atoms with Crippen LogP contribution >= 0.6 is 0 Å². The number of carbonyl (C=O) groups is 4. The van der Waals surface area contributed by atoms with Gasteiger partial charge in [-0.15, -0.1) is 0 Å². The standard InChI is InChI=1S/C48H74O10/c1-3-45(49)55-37-21-17-13-9-5-7-11-15-19-35-53-41-27-23-39(24-28-41)47(51)57-43-31-33-44(34-32-43)58-48(52)40-25-29-42(30-26-40)54-36-20-16-12-8-6-10-14-18-22-38-56-46(50)4-2/h3-4,23-24,27-28,40,42-44H,1-2,5-22,25-26,29-38H2. The second-order valence-electron chi connectivity index (χ2n) is 16.1. The lowest BCUT2D eigenvalue weighted by Gasteiger charge is -2.31. The highest BCUT2D eigenvalue weighted by Crippen LogP contribution is 2.30. The van der Waals surface area contributed by atoms with Gasteiger partial charge in [-0.3, -0.25) is 4.79 Å². The van der Waals surface area contributed by atoms with E-state index in [9.17, 15) is 19.2 Å². The fourth-order valence-electron chi connectivity index (χ4n) is 7.69. The molecule has 2 fully saturated rings. The van der Waals surface area contributed by atoms with Gasteiger partial charge in [0.2, 0.25) is 0 Å². The Labute approximate surface area is 349 Å². The molecule has 10 nitrogen and oxygen atoms in total. The van der Waals surface area contributed by atoms with Gasteiger partial charge < -0.3 is 28.4 Å². The summed E-state index contributed by atoms with van der Waals surface area (Å²) in [5.74, 6) is -0.390. The fourth-order valence-corrected chi connectivity index (χ4v) is 7.69. The van der Waals surface area contributed by atoms with Crippen molar-refractivity contribution in [1.29, 1.82) is 0 Å². The molecule has 2 aliphatic carbocycles. The SMILES string of the molecule is C=CC(=O)OCCCCCCCCCCCOc1ccc(C(=O)OC2CCC(OC(=O)C3CCC(OCCCCCCCCCCCOC(=O)C=C)CC3)CC2)cc1. The number of benzene rings is 1. The van der Waals surface area contributed by atoms with E-state index >= 15 is 0 Å². The van der Waals surface area contributed by atoms with Gasteiger partial charge in [-0.2, -0.15) is 0 Å². The number of esters is 4. The van der Waals surface area contributed by atoms with Crippen LogP contribution in [-0.2, 0) is 38.1 Å². The van der Waals surface area contributed by atoms with Crippen LogP contribution in [0.2, 0.25) is 0 Å². The average molecular weight is 811 g/mol. The van der Waals surface area contributed by atoms with Crippen LogP contribution in [0.4, 0.5) is 0 Å². The van der Waals surface area contributed by atoms with Gasteiger partial charge in [0.05, 0.1) is 37.4 Å². The zero-order chi connectivity index (χ0) is 41.5. The first kappa shape index (κ1) is 48.7. The van der Waals surface area contributed by atoms with Crippen LogP contribution in [0.5, 0.6) is 5.75 Å². The molecule has 2 saturated carbocycles. The third kappa shape index (κ3) is 22.5. The summed E-state index contributed by atoms with van der Waals surface area (Å²) in [7, 11) is 0. The third-order valence-electron chi connectivity index (χ3n) is 11.3. The molecule has 0 radical (unpaired) electrons. The maximum absolute atomic E-state index is 13.0. The fraction of sp³-hybridized carbons (Fsp3) is 0.708. The monoisotopic (exact) mass is 811 g/mol. The highest BCUT2D eigenvalue weighted by atomic mass is 16.6. The van der Waals surface area contributed by atoms with E-state index in [2.05, 4.69) is 13.2 Å². The van der Waals surface area contributed by atoms with Crippen LogP contribution in [0.15, 0.2) is 49.6 Å². The summed E-state index contributed by atoms with van der Waals surface area (Å²) in [4.78, 5) is 47.8. The van der Waals surface area contributed by atoms with Gasteiger partial charge in [0, 0.05) is 18.8 Å². The summed E-state index contributed by atoms with van der Waals surface area (Å²) < 4.78 is 33.8. The van der Waals surface area contributed by atoms with Crippen molar-refractivity contribution in [2.75, 3.05) is 26.4 Å². The molecule has 0 saturated heterocycles. The normalized spacial score (nSPS) is 19.1. The zero-order valence-electron chi connectivity index (χ0n) is 35.5. The molecule has 58 heavy (non-hydrogen) atoms. The van der Waals surface area contributed by atoms with E-state index in [1.165, 1.54) is 82.8 Å². The van der Waals surface area contributed by atoms with E-state index in [1.807, 2.05) is 12.1 Å². The molecule has 1 aromatic rings. The molecular formula is C48H74O10. The number of rotatable bonds is 32. The first-order valence-electron chi connectivity index (χ1n) is 22.7. The van der Waals surface area contributed by atoms with Crippen LogP contribution in [0.25, 0.3) is 0 Å². The van der Waals surface area contributed by atoms with Crippen molar-refractivity contribution in [2.24, 2.45) is 5.92 Å². The van der Waals surface area contributed by atoms with Gasteiger partial charge in [0.25, 0.3) is 0 Å². The highest BCUT2D eigenvalue weighted by molar-refractivity contribution is 5.89. The van der Waals surface area contributed by atoms with Gasteiger partial charge in [-0.05, 0) is 101 Å². The second-order valence-corrected chi connectivity index (χ2v) is 16.1. The molecule has 2 aliphatic rings. The summed E-state index contributed by atoms with van der Waals surface area (Å²) in [5.41, 5.74) is 0.514. The van der Waals surface area contributed by atoms with E-state index in [1.54, 1.807) is 12.1 Å². The first-order chi connectivity index (χ1) is 28.4. The molecule has 0 atom stereocenters. The van der Waals surface area contributed by atoms with Gasteiger partial charge >= 0.3 is 23.9 Å². The van der Waals surface area contributed by atoms with Crippen molar-refractivity contribution in [3.63, 3.8) is 0 Å². The molecule has 10 heteroatoms. The quantitative estimate of drug-likeness (QED) is 0.0301. The minimum absolute atomic E-state index is 0.0503. The summed E-state index contributed by atoms with van der Waals surface area (Å²) in [6.45, 7) is 9.21. The minimum atomic E-state index is -0.346. The maximum Gasteiger partial charge on any atom is 0.338 e. The Bertz CT molecular complexity index is 1290. The molecule has 1 aromatic carbocycles. The van der Waals surface area contributed by atoms with Gasteiger partial charge in [0.15, 0.2) is 0 Å². The van der Waals surface area contributed by atoms with Crippen molar-refractivity contribution in [3.05, 3.63) is 55.1 Å². The van der Waals surface area contributed by atoms with Gasteiger partial charge in [0.1, 0.15) is 18.0 Å². The smallest absolute Gasteiger partial charge is 0.338 e. The number of ether oxygens (including phenoxy) is 6. The lowest BCUT2D eigenvalue weighted by molar-refractivity contribution is -0.158. The predicted octanol–water partition coefficient (Wildman–Crippen LogP) is 11.1. The van der Waals surface area contributed by atoms with Crippen molar-refractivity contribution < 1.29 is 47.6 Å². The Morgan fingerprint density at radius 3 is 1.34 bits per heavy atom. The summed E-state index contributed by atoms with van der Waals surface area (Å²) in [5, 5.41) is 0. The Balaban J connectivity index is 1.12. The van der Waals surface area contributed by atoms with Crippen molar-refractivity contribution in [2.45, 2.75) is 185 Å². The molecular weight excluding hydrogens is 737 g/mol. The molecule has 0 spiro atoms. The molecule has 0 aliphatic heterocycles. The number of unbranched alkanes of at least 4 members (excludes halogenated alkanes) is 16. The second kappa shape index (κ2) is 31.3. The molecule has 0 amide bonds. The van der Waals surface area contributed by atoms with E-state index in [-0.39, 0.29) is 48.1 Å². The lowest BCUT2D eigenvalue weighted by Crippen LogP contribution is -2.33. The number of hydrogen-bond acceptors (Lipinski definition) is 10. The molecule has 3 rings (SSSR count). The number of carbonyl (C=O) groups excluding carboxylic acids is 4. The number of hydrogen-bond donors (Lipinski definition) is 0. The average Bonchev–Trinajstić information content (AvgIpc) is 3.24. The summed E-state index contributed by atoms with van der Waals surface area (Å²) in [6, 6.07) is 7.18. The zero-order valence-corrected chi connectivity index (χ0v) is 35.5. The molecule has 0 heterocycles. The Morgan fingerprint density at radius 1 is 0.483 bits per heavy atom. The van der Waals surface area contributed by atoms with Crippen LogP contribution in [0.1, 0.15) is 177 Å². The Kier molecular flexibility index (Phi) is 26.3.